The quantitative estimate of drug-likeness (QED) is 0.631. The zero-order valence-corrected chi connectivity index (χ0v) is 13.6. The number of ether oxygens (including phenoxy) is 1. The van der Waals surface area contributed by atoms with Gasteiger partial charge < -0.3 is 9.30 Å². The topological polar surface area (TPSA) is 48.3 Å². The van der Waals surface area contributed by atoms with E-state index in [4.69, 9.17) is 4.74 Å². The van der Waals surface area contributed by atoms with E-state index in [1.807, 2.05) is 37.4 Å². The number of rotatable bonds is 2. The minimum absolute atomic E-state index is 0.0959. The summed E-state index contributed by atoms with van der Waals surface area (Å²) in [4.78, 5) is 25.7. The average Bonchev–Trinajstić information content (AvgIpc) is 2.52. The van der Waals surface area contributed by atoms with Crippen molar-refractivity contribution in [2.75, 3.05) is 6.26 Å². The lowest BCUT2D eigenvalue weighted by atomic mass is 9.87. The standard InChI is InChI=1S/C17H17NO3S/c1-10-8-14-16(17(20)18(10)2)13(9-15(19)21-14)11-4-6-12(22-3)7-5-11/h4-8,13H,9H2,1-3H3. The van der Waals surface area contributed by atoms with Gasteiger partial charge in [-0.25, -0.2) is 0 Å². The molecule has 3 rings (SSSR count). The second-order valence-electron chi connectivity index (χ2n) is 5.43. The lowest BCUT2D eigenvalue weighted by Crippen LogP contribution is -2.31. The molecule has 1 atom stereocenters. The molecule has 0 amide bonds. The molecular weight excluding hydrogens is 298 g/mol. The monoisotopic (exact) mass is 315 g/mol. The van der Waals surface area contributed by atoms with Crippen LogP contribution in [-0.2, 0) is 11.8 Å². The number of nitrogens with zero attached hydrogens (tertiary/aromatic N) is 1. The minimum atomic E-state index is -0.293. The number of carbonyl (C=O) groups excluding carboxylic acids is 1. The first-order valence-electron chi connectivity index (χ1n) is 7.06. The zero-order chi connectivity index (χ0) is 15.9. The fourth-order valence-electron chi connectivity index (χ4n) is 2.77. The summed E-state index contributed by atoms with van der Waals surface area (Å²) in [6.07, 6.45) is 2.21. The van der Waals surface area contributed by atoms with Gasteiger partial charge in [-0.3, -0.25) is 9.59 Å². The van der Waals surface area contributed by atoms with Gasteiger partial charge in [-0.05, 0) is 30.9 Å². The third-order valence-electron chi connectivity index (χ3n) is 4.13. The Morgan fingerprint density at radius 2 is 1.91 bits per heavy atom. The Bertz CT molecular complexity index is 793. The van der Waals surface area contributed by atoms with Gasteiger partial charge in [-0.2, -0.15) is 0 Å². The van der Waals surface area contributed by atoms with E-state index in [0.29, 0.717) is 11.3 Å². The van der Waals surface area contributed by atoms with Crippen molar-refractivity contribution < 1.29 is 9.53 Å². The van der Waals surface area contributed by atoms with E-state index < -0.39 is 0 Å². The largest absolute Gasteiger partial charge is 0.426 e. The van der Waals surface area contributed by atoms with Gasteiger partial charge in [0.25, 0.3) is 5.56 Å². The number of hydrogen-bond donors (Lipinski definition) is 0. The summed E-state index contributed by atoms with van der Waals surface area (Å²) in [6.45, 7) is 1.83. The van der Waals surface area contributed by atoms with Crippen molar-refractivity contribution >= 4 is 17.7 Å². The van der Waals surface area contributed by atoms with E-state index in [9.17, 15) is 9.59 Å². The number of pyridine rings is 1. The molecule has 0 aliphatic carbocycles. The Hall–Kier alpha value is -2.01. The maximum Gasteiger partial charge on any atom is 0.312 e. The molecule has 1 aromatic heterocycles. The molecule has 1 aliphatic rings. The van der Waals surface area contributed by atoms with Crippen LogP contribution in [0, 0.1) is 6.92 Å². The lowest BCUT2D eigenvalue weighted by molar-refractivity contribution is -0.135. The van der Waals surface area contributed by atoms with Crippen LogP contribution in [0.15, 0.2) is 40.0 Å². The second-order valence-corrected chi connectivity index (χ2v) is 6.31. The minimum Gasteiger partial charge on any atom is -0.426 e. The van der Waals surface area contributed by atoms with Crippen molar-refractivity contribution in [3.8, 4) is 5.75 Å². The maximum absolute atomic E-state index is 12.6. The van der Waals surface area contributed by atoms with E-state index in [1.54, 1.807) is 29.4 Å². The van der Waals surface area contributed by atoms with Crippen molar-refractivity contribution in [1.82, 2.24) is 4.57 Å². The molecule has 114 valence electrons. The third kappa shape index (κ3) is 2.46. The number of benzene rings is 1. The van der Waals surface area contributed by atoms with E-state index in [0.717, 1.165) is 16.2 Å². The summed E-state index contributed by atoms with van der Waals surface area (Å²) in [7, 11) is 1.74. The smallest absolute Gasteiger partial charge is 0.312 e. The zero-order valence-electron chi connectivity index (χ0n) is 12.8. The second kappa shape index (κ2) is 5.65. The van der Waals surface area contributed by atoms with Gasteiger partial charge >= 0.3 is 5.97 Å². The Morgan fingerprint density at radius 1 is 1.23 bits per heavy atom. The highest BCUT2D eigenvalue weighted by Crippen LogP contribution is 2.37. The van der Waals surface area contributed by atoms with Crippen LogP contribution >= 0.6 is 11.8 Å². The molecule has 0 radical (unpaired) electrons. The van der Waals surface area contributed by atoms with Gasteiger partial charge in [0.05, 0.1) is 12.0 Å². The van der Waals surface area contributed by atoms with Gasteiger partial charge in [0, 0.05) is 29.6 Å². The molecule has 0 spiro atoms. The van der Waals surface area contributed by atoms with Crippen molar-refractivity contribution in [3.63, 3.8) is 0 Å². The molecule has 1 aromatic carbocycles. The van der Waals surface area contributed by atoms with Gasteiger partial charge in [-0.15, -0.1) is 11.8 Å². The summed E-state index contributed by atoms with van der Waals surface area (Å²) in [6, 6.07) is 9.75. The van der Waals surface area contributed by atoms with Crippen molar-refractivity contribution in [2.24, 2.45) is 7.05 Å². The van der Waals surface area contributed by atoms with Gasteiger partial charge in [0.1, 0.15) is 5.75 Å². The van der Waals surface area contributed by atoms with Gasteiger partial charge in [0.15, 0.2) is 0 Å². The van der Waals surface area contributed by atoms with Crippen molar-refractivity contribution in [1.29, 1.82) is 0 Å². The van der Waals surface area contributed by atoms with Crippen LogP contribution in [0.1, 0.15) is 29.2 Å². The predicted molar refractivity (Wildman–Crippen MR) is 86.7 cm³/mol. The number of fused-ring (bicyclic) bond motifs is 1. The van der Waals surface area contributed by atoms with Gasteiger partial charge in [-0.1, -0.05) is 12.1 Å². The summed E-state index contributed by atoms with van der Waals surface area (Å²) in [5.41, 5.74) is 2.22. The van der Waals surface area contributed by atoms with E-state index in [-0.39, 0.29) is 23.9 Å². The van der Waals surface area contributed by atoms with Gasteiger partial charge in [0.2, 0.25) is 0 Å². The Kier molecular flexibility index (Phi) is 3.83. The highest BCUT2D eigenvalue weighted by atomic mass is 32.2. The summed E-state index contributed by atoms with van der Waals surface area (Å²) in [5, 5.41) is 0. The number of esters is 1. The first-order chi connectivity index (χ1) is 10.5. The molecule has 2 aromatic rings. The van der Waals surface area contributed by atoms with Crippen molar-refractivity contribution in [2.45, 2.75) is 24.2 Å². The summed E-state index contributed by atoms with van der Waals surface area (Å²) in [5.74, 6) is -0.138. The number of aryl methyl sites for hydroxylation is 1. The molecule has 5 heteroatoms. The average molecular weight is 315 g/mol. The van der Waals surface area contributed by atoms with E-state index in [2.05, 4.69) is 0 Å². The number of hydrogen-bond acceptors (Lipinski definition) is 4. The normalized spacial score (nSPS) is 17.0. The molecule has 0 bridgehead atoms. The molecule has 2 heterocycles. The molecule has 0 fully saturated rings. The third-order valence-corrected chi connectivity index (χ3v) is 4.87. The Labute approximate surface area is 133 Å². The summed E-state index contributed by atoms with van der Waals surface area (Å²) >= 11 is 1.66. The molecule has 0 saturated heterocycles. The number of thioether (sulfide) groups is 1. The first-order valence-corrected chi connectivity index (χ1v) is 8.29. The van der Waals surface area contributed by atoms with Crippen LogP contribution < -0.4 is 10.3 Å². The molecule has 0 saturated carbocycles. The van der Waals surface area contributed by atoms with E-state index in [1.165, 1.54) is 0 Å². The number of aromatic nitrogens is 1. The van der Waals surface area contributed by atoms with E-state index >= 15 is 0 Å². The molecule has 22 heavy (non-hydrogen) atoms. The SMILES string of the molecule is CSc1ccc(C2CC(=O)Oc3cc(C)n(C)c(=O)c32)cc1. The number of carbonyl (C=O) groups is 1. The highest BCUT2D eigenvalue weighted by molar-refractivity contribution is 7.98. The molecule has 1 aliphatic heterocycles. The Morgan fingerprint density at radius 3 is 2.55 bits per heavy atom. The highest BCUT2D eigenvalue weighted by Gasteiger charge is 2.32. The van der Waals surface area contributed by atoms with Crippen LogP contribution in [0.4, 0.5) is 0 Å². The first kappa shape index (κ1) is 14.9. The van der Waals surface area contributed by atoms with Crippen molar-refractivity contribution in [3.05, 3.63) is 57.5 Å². The molecule has 4 nitrogen and oxygen atoms in total. The fraction of sp³-hybridized carbons (Fsp3) is 0.294. The molecule has 1 unspecified atom stereocenters. The fourth-order valence-corrected chi connectivity index (χ4v) is 3.18. The van der Waals surface area contributed by atoms with Crippen LogP contribution in [0.5, 0.6) is 5.75 Å². The predicted octanol–water partition coefficient (Wildman–Crippen LogP) is 2.86. The summed E-state index contributed by atoms with van der Waals surface area (Å²) < 4.78 is 6.89. The molecule has 0 N–H and O–H groups in total. The lowest BCUT2D eigenvalue weighted by Gasteiger charge is -2.25. The van der Waals surface area contributed by atoms with Crippen LogP contribution in [-0.4, -0.2) is 16.8 Å². The van der Waals surface area contributed by atoms with Crippen LogP contribution in [0.3, 0.4) is 0 Å². The maximum atomic E-state index is 12.6. The van der Waals surface area contributed by atoms with Crippen LogP contribution in [0.25, 0.3) is 0 Å². The van der Waals surface area contributed by atoms with Crippen LogP contribution in [0.2, 0.25) is 0 Å². The molecular formula is C17H17NO3S. The Balaban J connectivity index is 2.16.